The van der Waals surface area contributed by atoms with Crippen molar-refractivity contribution in [2.24, 2.45) is 0 Å². The summed E-state index contributed by atoms with van der Waals surface area (Å²) >= 11 is 0. The summed E-state index contributed by atoms with van der Waals surface area (Å²) in [4.78, 5) is 10.4. The van der Waals surface area contributed by atoms with Crippen LogP contribution in [0.15, 0.2) is 224 Å². The van der Waals surface area contributed by atoms with Crippen molar-refractivity contribution < 1.29 is 4.74 Å². The maximum absolute atomic E-state index is 7.35. The number of allylic oxidation sites excluding steroid dienone is 2. The molecule has 0 spiro atoms. The van der Waals surface area contributed by atoms with Crippen molar-refractivity contribution in [1.82, 2.24) is 9.55 Å². The van der Waals surface area contributed by atoms with Crippen molar-refractivity contribution in [1.29, 1.82) is 0 Å². The Morgan fingerprint density at radius 1 is 0.341 bits per heavy atom. The van der Waals surface area contributed by atoms with E-state index in [1.165, 1.54) is 61.4 Å². The summed E-state index contributed by atoms with van der Waals surface area (Å²) in [5.74, 6) is 2.36. The van der Waals surface area contributed by atoms with E-state index in [0.29, 0.717) is 6.67 Å². The number of benzene rings is 8. The van der Waals surface area contributed by atoms with Gasteiger partial charge >= 0.3 is 0 Å². The van der Waals surface area contributed by atoms with E-state index in [9.17, 15) is 0 Å². The highest BCUT2D eigenvalue weighted by Crippen LogP contribution is 2.52. The lowest BCUT2D eigenvalue weighted by atomic mass is 9.73. The molecule has 0 fully saturated rings. The number of hydrogen-bond acceptors (Lipinski definition) is 4. The van der Waals surface area contributed by atoms with Crippen molar-refractivity contribution in [3.05, 3.63) is 263 Å². The number of rotatable bonds is 12. The molecule has 10 aromatic rings. The summed E-state index contributed by atoms with van der Waals surface area (Å²) in [6, 6.07) is 75.8. The summed E-state index contributed by atoms with van der Waals surface area (Å²) in [6.07, 6.45) is 1.96. The lowest BCUT2D eigenvalue weighted by molar-refractivity contribution is 0.483. The van der Waals surface area contributed by atoms with Crippen molar-refractivity contribution in [3.8, 4) is 28.4 Å². The van der Waals surface area contributed by atoms with Crippen molar-refractivity contribution in [3.63, 3.8) is 0 Å². The molecule has 3 heterocycles. The molecule has 5 heteroatoms. The quantitative estimate of drug-likeness (QED) is 0.122. The van der Waals surface area contributed by atoms with Crippen molar-refractivity contribution in [2.45, 2.75) is 136 Å². The highest BCUT2D eigenvalue weighted by Gasteiger charge is 2.47. The van der Waals surface area contributed by atoms with E-state index in [1.54, 1.807) is 0 Å². The number of aromatic nitrogens is 2. The Labute approximate surface area is 489 Å². The van der Waals surface area contributed by atoms with Gasteiger partial charge in [0.15, 0.2) is 0 Å². The molecule has 1 aliphatic rings. The molecule has 0 atom stereocenters. The van der Waals surface area contributed by atoms with Crippen molar-refractivity contribution >= 4 is 33.2 Å². The molecule has 2 aromatic heterocycles. The van der Waals surface area contributed by atoms with Crippen LogP contribution in [-0.4, -0.2) is 16.2 Å². The third kappa shape index (κ3) is 10.4. The first-order valence-corrected chi connectivity index (χ1v) is 29.4. The Balaban J connectivity index is 1.13. The van der Waals surface area contributed by atoms with Gasteiger partial charge in [0, 0.05) is 56.7 Å². The Hall–Kier alpha value is -8.15. The van der Waals surface area contributed by atoms with Crippen LogP contribution in [0.1, 0.15) is 143 Å². The van der Waals surface area contributed by atoms with E-state index in [4.69, 9.17) is 9.72 Å². The molecule has 1 aliphatic heterocycles. The second kappa shape index (κ2) is 20.7. The number of pyridine rings is 1. The maximum Gasteiger partial charge on any atom is 0.137 e. The third-order valence-electron chi connectivity index (χ3n) is 17.5. The normalized spacial score (nSPS) is 13.9. The standard InChI is InChI=1S/C77H82N4O/c1-72(2,3)57-36-39-67-66(47-57)65-38-37-63(50-68(65)81(67)69-48-58(40-41-78-69)75(10,11)54-30-22-17-23-31-54)82-64-43-53(52-28-20-16-21-29-52)42-61(49-64)79-51-80(62-45-59(73(4,5)6)44-60(46-62)74(7,8)9)71(77(14,15)56-34-26-19-27-35-56)70(79)76(12,13)55-32-24-18-25-33-55/h16-50H,51H2,1-15H3. The Morgan fingerprint density at radius 2 is 0.841 bits per heavy atom. The summed E-state index contributed by atoms with van der Waals surface area (Å²) < 4.78 is 9.68. The minimum atomic E-state index is -0.470. The average molecular weight is 1080 g/mol. The van der Waals surface area contributed by atoms with Gasteiger partial charge in [0.2, 0.25) is 0 Å². The molecule has 0 radical (unpaired) electrons. The van der Waals surface area contributed by atoms with Gasteiger partial charge < -0.3 is 14.5 Å². The largest absolute Gasteiger partial charge is 0.457 e. The molecule has 0 unspecified atom stereocenters. The van der Waals surface area contributed by atoms with E-state index in [2.05, 4.69) is 324 Å². The fourth-order valence-corrected chi connectivity index (χ4v) is 12.3. The predicted molar refractivity (Wildman–Crippen MR) is 347 cm³/mol. The molecule has 0 aliphatic carbocycles. The molecule has 82 heavy (non-hydrogen) atoms. The minimum Gasteiger partial charge on any atom is -0.457 e. The summed E-state index contributed by atoms with van der Waals surface area (Å²) in [7, 11) is 0. The van der Waals surface area contributed by atoms with Gasteiger partial charge in [-0.05, 0) is 127 Å². The summed E-state index contributed by atoms with van der Waals surface area (Å²) in [5.41, 5.74) is 16.6. The molecule has 0 saturated heterocycles. The fourth-order valence-electron chi connectivity index (χ4n) is 12.3. The van der Waals surface area contributed by atoms with Gasteiger partial charge in [-0.25, -0.2) is 4.98 Å². The smallest absolute Gasteiger partial charge is 0.137 e. The van der Waals surface area contributed by atoms with Crippen molar-refractivity contribution in [2.75, 3.05) is 16.5 Å². The van der Waals surface area contributed by atoms with Gasteiger partial charge in [0.1, 0.15) is 17.3 Å². The van der Waals surface area contributed by atoms with Crippen LogP contribution in [0, 0.1) is 0 Å². The maximum atomic E-state index is 7.35. The number of hydrogen-bond donors (Lipinski definition) is 0. The first-order valence-electron chi connectivity index (χ1n) is 29.4. The zero-order chi connectivity index (χ0) is 58.1. The second-order valence-corrected chi connectivity index (χ2v) is 27.5. The molecular weight excluding hydrogens is 997 g/mol. The number of fused-ring (bicyclic) bond motifs is 3. The number of anilines is 2. The van der Waals surface area contributed by atoms with E-state index < -0.39 is 10.8 Å². The van der Waals surface area contributed by atoms with Gasteiger partial charge in [0.05, 0.1) is 29.1 Å². The van der Waals surface area contributed by atoms with Crippen LogP contribution in [0.2, 0.25) is 0 Å². The lowest BCUT2D eigenvalue weighted by Gasteiger charge is -2.38. The van der Waals surface area contributed by atoms with Gasteiger partial charge in [-0.15, -0.1) is 0 Å². The monoisotopic (exact) mass is 1080 g/mol. The number of ether oxygens (including phenoxy) is 1. The van der Waals surface area contributed by atoms with Crippen LogP contribution in [0.4, 0.5) is 11.4 Å². The first kappa shape index (κ1) is 55.7. The molecule has 0 saturated carbocycles. The van der Waals surface area contributed by atoms with Gasteiger partial charge in [-0.3, -0.25) is 4.57 Å². The van der Waals surface area contributed by atoms with Crippen LogP contribution >= 0.6 is 0 Å². The van der Waals surface area contributed by atoms with Gasteiger partial charge in [-0.2, -0.15) is 0 Å². The summed E-state index contributed by atoms with van der Waals surface area (Å²) in [5, 5.41) is 2.34. The Morgan fingerprint density at radius 3 is 1.37 bits per heavy atom. The first-order chi connectivity index (χ1) is 38.8. The van der Waals surface area contributed by atoms with Crippen LogP contribution in [-0.2, 0) is 32.5 Å². The van der Waals surface area contributed by atoms with Crippen LogP contribution < -0.4 is 14.5 Å². The molecule has 8 aromatic carbocycles. The topological polar surface area (TPSA) is 33.5 Å². The SMILES string of the molecule is CC(C)(C)c1cc(N2CN(c3cc(Oc4ccc5c6cc(C(C)(C)C)ccc6n(-c6cc(C(C)(C)c7ccccc7)ccn6)c5c4)cc(-c4ccccc4)c3)C(C(C)(C)c3ccccc3)=C2C(C)(C)c2ccccc2)cc(C(C)(C)C)c1. The molecule has 0 bridgehead atoms. The highest BCUT2D eigenvalue weighted by molar-refractivity contribution is 6.10. The lowest BCUT2D eigenvalue weighted by Crippen LogP contribution is -2.35. The molecule has 0 N–H and O–H groups in total. The van der Waals surface area contributed by atoms with E-state index in [0.717, 1.165) is 50.6 Å². The van der Waals surface area contributed by atoms with Crippen LogP contribution in [0.5, 0.6) is 11.5 Å². The van der Waals surface area contributed by atoms with Gasteiger partial charge in [0.25, 0.3) is 0 Å². The van der Waals surface area contributed by atoms with E-state index in [1.807, 2.05) is 6.20 Å². The fraction of sp³-hybridized carbons (Fsp3) is 0.286. The molecule has 0 amide bonds. The highest BCUT2D eigenvalue weighted by atomic mass is 16.5. The second-order valence-electron chi connectivity index (χ2n) is 27.5. The Bertz CT molecular complexity index is 3960. The zero-order valence-corrected chi connectivity index (χ0v) is 51.1. The van der Waals surface area contributed by atoms with E-state index in [-0.39, 0.29) is 21.7 Å². The molecule has 5 nitrogen and oxygen atoms in total. The summed E-state index contributed by atoms with van der Waals surface area (Å²) in [6.45, 7) is 35.7. The minimum absolute atomic E-state index is 0.0351. The Kier molecular flexibility index (Phi) is 14.1. The molecule has 11 rings (SSSR count). The molecular formula is C77H82N4O. The number of nitrogens with zero attached hydrogens (tertiary/aromatic N) is 4. The van der Waals surface area contributed by atoms with E-state index >= 15 is 0 Å². The zero-order valence-electron chi connectivity index (χ0n) is 51.1. The predicted octanol–water partition coefficient (Wildman–Crippen LogP) is 20.3. The van der Waals surface area contributed by atoms with Gasteiger partial charge in [-0.1, -0.05) is 237 Å². The van der Waals surface area contributed by atoms with Crippen LogP contribution in [0.3, 0.4) is 0 Å². The average Bonchev–Trinajstić information content (AvgIpc) is 4.26. The van der Waals surface area contributed by atoms with Crippen LogP contribution in [0.25, 0.3) is 38.8 Å². The molecule has 416 valence electrons. The third-order valence-corrected chi connectivity index (χ3v) is 17.5.